The lowest BCUT2D eigenvalue weighted by Gasteiger charge is -2.16. The number of halogens is 1. The lowest BCUT2D eigenvalue weighted by Crippen LogP contribution is -2.12. The van der Waals surface area contributed by atoms with Gasteiger partial charge in [-0.1, -0.05) is 35.4 Å². The number of nitrogens with zero attached hydrogens (tertiary/aromatic N) is 2. The van der Waals surface area contributed by atoms with Crippen LogP contribution < -0.4 is 10.5 Å². The van der Waals surface area contributed by atoms with Crippen molar-refractivity contribution in [3.8, 4) is 10.8 Å². The maximum atomic E-state index is 12.1. The van der Waals surface area contributed by atoms with Gasteiger partial charge in [0.15, 0.2) is 0 Å². The minimum atomic E-state index is -0.557. The number of aryl methyl sites for hydroxylation is 1. The van der Waals surface area contributed by atoms with Gasteiger partial charge in [0, 0.05) is 23.1 Å². The van der Waals surface area contributed by atoms with E-state index in [1.807, 2.05) is 35.8 Å². The van der Waals surface area contributed by atoms with E-state index in [-0.39, 0.29) is 6.10 Å². The number of nitrogens with two attached hydrogens (primary N) is 1. The van der Waals surface area contributed by atoms with E-state index in [4.69, 9.17) is 22.1 Å². The molecule has 1 amide bonds. The predicted molar refractivity (Wildman–Crippen MR) is 117 cm³/mol. The van der Waals surface area contributed by atoms with Gasteiger partial charge in [0.25, 0.3) is 5.91 Å². The Balaban J connectivity index is 1.70. The van der Waals surface area contributed by atoms with Crippen molar-refractivity contribution in [1.82, 2.24) is 9.55 Å². The fourth-order valence-corrected chi connectivity index (χ4v) is 4.74. The van der Waals surface area contributed by atoms with Crippen molar-refractivity contribution in [1.29, 1.82) is 0 Å². The van der Waals surface area contributed by atoms with Gasteiger partial charge in [0.2, 0.25) is 0 Å². The number of rotatable bonds is 7. The lowest BCUT2D eigenvalue weighted by atomic mass is 9.98. The summed E-state index contributed by atoms with van der Waals surface area (Å²) in [7, 11) is 0. The Morgan fingerprint density at radius 3 is 2.93 bits per heavy atom. The Morgan fingerprint density at radius 1 is 1.40 bits per heavy atom. The number of hydrogen-bond acceptors (Lipinski definition) is 5. The van der Waals surface area contributed by atoms with Crippen molar-refractivity contribution in [2.75, 3.05) is 0 Å². The van der Waals surface area contributed by atoms with Crippen LogP contribution in [0.2, 0.25) is 5.02 Å². The fraction of sp³-hybridized carbons (Fsp3) is 0.227. The molecule has 1 unspecified atom stereocenters. The Labute approximate surface area is 182 Å². The van der Waals surface area contributed by atoms with Crippen molar-refractivity contribution in [2.24, 2.45) is 5.73 Å². The van der Waals surface area contributed by atoms with Gasteiger partial charge in [-0.2, -0.15) is 0 Å². The standard InChI is InChI=1S/C22H20ClN3O3S/c1-13(15-4-2-3-5-16(15)23)29-19-11-20(30-21(19)22(24)28)26-12-25-17-7-6-14(8-9-27)10-18(17)26/h2-5,9-13H,6-8H2,1H3,(H2,24,28). The first-order valence-corrected chi connectivity index (χ1v) is 10.7. The largest absolute Gasteiger partial charge is 0.484 e. The van der Waals surface area contributed by atoms with Crippen LogP contribution in [-0.4, -0.2) is 21.7 Å². The number of primary amides is 1. The summed E-state index contributed by atoms with van der Waals surface area (Å²) in [5.41, 5.74) is 9.38. The molecular formula is C22H20ClN3O3S. The molecule has 0 saturated carbocycles. The number of benzene rings is 1. The van der Waals surface area contributed by atoms with Crippen molar-refractivity contribution in [3.63, 3.8) is 0 Å². The van der Waals surface area contributed by atoms with Crippen molar-refractivity contribution >= 4 is 41.2 Å². The molecule has 2 N–H and O–H groups in total. The number of hydrogen-bond donors (Lipinski definition) is 1. The van der Waals surface area contributed by atoms with Gasteiger partial charge in [0.05, 0.1) is 11.4 Å². The molecule has 1 atom stereocenters. The van der Waals surface area contributed by atoms with Crippen LogP contribution in [0.4, 0.5) is 0 Å². The normalized spacial score (nSPS) is 14.0. The molecular weight excluding hydrogens is 422 g/mol. The van der Waals surface area contributed by atoms with E-state index in [1.54, 1.807) is 18.5 Å². The Hall–Kier alpha value is -2.90. The Bertz CT molecular complexity index is 1150. The number of imidazole rings is 1. The zero-order chi connectivity index (χ0) is 21.3. The molecule has 1 aliphatic carbocycles. The summed E-state index contributed by atoms with van der Waals surface area (Å²) in [6, 6.07) is 9.21. The number of fused-ring (bicyclic) bond motifs is 1. The Morgan fingerprint density at radius 2 is 2.20 bits per heavy atom. The van der Waals surface area contributed by atoms with Crippen LogP contribution in [-0.2, 0) is 11.2 Å². The number of aromatic nitrogens is 2. The summed E-state index contributed by atoms with van der Waals surface area (Å²) < 4.78 is 7.99. The van der Waals surface area contributed by atoms with Crippen LogP contribution in [0.15, 0.2) is 42.2 Å². The smallest absolute Gasteiger partial charge is 0.262 e. The molecule has 154 valence electrons. The third-order valence-corrected chi connectivity index (χ3v) is 6.52. The summed E-state index contributed by atoms with van der Waals surface area (Å²) in [5, 5.41) is 1.36. The van der Waals surface area contributed by atoms with E-state index in [0.29, 0.717) is 22.1 Å². The van der Waals surface area contributed by atoms with E-state index >= 15 is 0 Å². The zero-order valence-corrected chi connectivity index (χ0v) is 17.9. The van der Waals surface area contributed by atoms with Crippen LogP contribution in [0.3, 0.4) is 0 Å². The van der Waals surface area contributed by atoms with E-state index in [0.717, 1.165) is 46.7 Å². The highest BCUT2D eigenvalue weighted by Gasteiger charge is 2.23. The number of thiophene rings is 1. The second-order valence-corrected chi connectivity index (χ2v) is 8.48. The third kappa shape index (κ3) is 3.91. The third-order valence-electron chi connectivity index (χ3n) is 5.05. The summed E-state index contributed by atoms with van der Waals surface area (Å²) in [5.74, 6) is -0.149. The first-order chi connectivity index (χ1) is 14.5. The molecule has 0 saturated heterocycles. The molecule has 6 nitrogen and oxygen atoms in total. The lowest BCUT2D eigenvalue weighted by molar-refractivity contribution is -0.107. The number of ether oxygens (including phenoxy) is 1. The molecule has 0 fully saturated rings. The van der Waals surface area contributed by atoms with Crippen LogP contribution in [0.5, 0.6) is 5.75 Å². The predicted octanol–water partition coefficient (Wildman–Crippen LogP) is 4.74. The number of allylic oxidation sites excluding steroid dienone is 1. The van der Waals surface area contributed by atoms with Crippen LogP contribution in [0, 0.1) is 0 Å². The van der Waals surface area contributed by atoms with Gasteiger partial charge in [-0.3, -0.25) is 9.36 Å². The highest BCUT2D eigenvalue weighted by atomic mass is 35.5. The minimum Gasteiger partial charge on any atom is -0.484 e. The molecule has 0 aliphatic heterocycles. The summed E-state index contributed by atoms with van der Waals surface area (Å²) in [6.45, 7) is 1.87. The van der Waals surface area contributed by atoms with Crippen LogP contribution in [0.25, 0.3) is 11.1 Å². The van der Waals surface area contributed by atoms with Crippen LogP contribution >= 0.6 is 22.9 Å². The fourth-order valence-electron chi connectivity index (χ4n) is 3.53. The SMILES string of the molecule is CC(Oc1cc(-n2cnc3c2C=C(CC=O)CC3)sc1C(N)=O)c1ccccc1Cl. The topological polar surface area (TPSA) is 87.2 Å². The quantitative estimate of drug-likeness (QED) is 0.536. The van der Waals surface area contributed by atoms with Gasteiger partial charge in [-0.05, 0) is 31.9 Å². The molecule has 3 aromatic rings. The van der Waals surface area contributed by atoms with Crippen LogP contribution in [0.1, 0.15) is 52.5 Å². The molecule has 1 aromatic carbocycles. The van der Waals surface area contributed by atoms with E-state index in [2.05, 4.69) is 4.98 Å². The summed E-state index contributed by atoms with van der Waals surface area (Å²) >= 11 is 7.53. The van der Waals surface area contributed by atoms with Crippen molar-refractivity contribution in [2.45, 2.75) is 32.3 Å². The summed E-state index contributed by atoms with van der Waals surface area (Å²) in [6.07, 6.45) is 6.28. The molecule has 2 heterocycles. The monoisotopic (exact) mass is 441 g/mol. The highest BCUT2D eigenvalue weighted by Crippen LogP contribution is 2.37. The molecule has 0 bridgehead atoms. The van der Waals surface area contributed by atoms with Gasteiger partial charge in [0.1, 0.15) is 34.3 Å². The first-order valence-electron chi connectivity index (χ1n) is 9.52. The second kappa shape index (κ2) is 8.45. The number of carbonyl (C=O) groups excluding carboxylic acids is 2. The van der Waals surface area contributed by atoms with Crippen molar-refractivity contribution < 1.29 is 14.3 Å². The molecule has 0 radical (unpaired) electrons. The van der Waals surface area contributed by atoms with Gasteiger partial charge < -0.3 is 15.3 Å². The molecule has 2 aromatic heterocycles. The van der Waals surface area contributed by atoms with E-state index in [1.165, 1.54) is 11.3 Å². The first kappa shape index (κ1) is 20.4. The van der Waals surface area contributed by atoms with Gasteiger partial charge in [-0.15, -0.1) is 11.3 Å². The van der Waals surface area contributed by atoms with Crippen molar-refractivity contribution in [3.05, 3.63) is 69.1 Å². The number of aldehydes is 1. The average Bonchev–Trinajstić information content (AvgIpc) is 3.32. The summed E-state index contributed by atoms with van der Waals surface area (Å²) in [4.78, 5) is 27.8. The maximum Gasteiger partial charge on any atom is 0.262 e. The number of amides is 1. The molecule has 4 rings (SSSR count). The molecule has 1 aliphatic rings. The average molecular weight is 442 g/mol. The molecule has 8 heteroatoms. The second-order valence-electron chi connectivity index (χ2n) is 7.04. The van der Waals surface area contributed by atoms with E-state index in [9.17, 15) is 9.59 Å². The zero-order valence-electron chi connectivity index (χ0n) is 16.3. The van der Waals surface area contributed by atoms with E-state index < -0.39 is 5.91 Å². The van der Waals surface area contributed by atoms with Gasteiger partial charge >= 0.3 is 0 Å². The highest BCUT2D eigenvalue weighted by molar-refractivity contribution is 7.16. The van der Waals surface area contributed by atoms with Gasteiger partial charge in [-0.25, -0.2) is 4.98 Å². The molecule has 0 spiro atoms. The molecule has 30 heavy (non-hydrogen) atoms. The minimum absolute atomic E-state index is 0.333. The Kier molecular flexibility index (Phi) is 5.74. The maximum absolute atomic E-state index is 12.1. The number of carbonyl (C=O) groups is 2.